The van der Waals surface area contributed by atoms with E-state index < -0.39 is 11.6 Å². The molecule has 138 valence electrons. The summed E-state index contributed by atoms with van der Waals surface area (Å²) in [7, 11) is 0. The molecule has 6 nitrogen and oxygen atoms in total. The van der Waals surface area contributed by atoms with Crippen molar-refractivity contribution in [3.8, 4) is 11.5 Å². The highest BCUT2D eigenvalue weighted by molar-refractivity contribution is 5.57. The van der Waals surface area contributed by atoms with Gasteiger partial charge in [0.05, 0.1) is 0 Å². The SMILES string of the molecule is Cc1cc(Nc2ccc(F)c(F)c2)nc(NCc2ccc3c(c2)OCO3)n1. The van der Waals surface area contributed by atoms with Crippen LogP contribution >= 0.6 is 0 Å². The number of hydrogen-bond donors (Lipinski definition) is 2. The molecule has 1 aromatic heterocycles. The average Bonchev–Trinajstić information content (AvgIpc) is 3.10. The van der Waals surface area contributed by atoms with Crippen molar-refractivity contribution < 1.29 is 18.3 Å². The molecule has 4 rings (SSSR count). The van der Waals surface area contributed by atoms with Gasteiger partial charge < -0.3 is 20.1 Å². The molecule has 0 amide bonds. The first-order valence-corrected chi connectivity index (χ1v) is 8.27. The number of hydrogen-bond acceptors (Lipinski definition) is 6. The van der Waals surface area contributed by atoms with Gasteiger partial charge in [0.2, 0.25) is 12.7 Å². The molecule has 3 aromatic rings. The van der Waals surface area contributed by atoms with Gasteiger partial charge in [-0.1, -0.05) is 6.07 Å². The number of halogens is 2. The number of nitrogens with one attached hydrogen (secondary N) is 2. The van der Waals surface area contributed by atoms with E-state index in [0.29, 0.717) is 29.7 Å². The number of benzene rings is 2. The van der Waals surface area contributed by atoms with Gasteiger partial charge in [-0.25, -0.2) is 13.8 Å². The molecule has 0 aliphatic carbocycles. The van der Waals surface area contributed by atoms with Crippen molar-refractivity contribution in [3.05, 3.63) is 65.4 Å². The lowest BCUT2D eigenvalue weighted by Crippen LogP contribution is -2.06. The Kier molecular flexibility index (Phi) is 4.45. The van der Waals surface area contributed by atoms with Gasteiger partial charge in [-0.3, -0.25) is 0 Å². The summed E-state index contributed by atoms with van der Waals surface area (Å²) in [5.41, 5.74) is 2.11. The van der Waals surface area contributed by atoms with Gasteiger partial charge in [0.1, 0.15) is 5.82 Å². The largest absolute Gasteiger partial charge is 0.454 e. The topological polar surface area (TPSA) is 68.3 Å². The summed E-state index contributed by atoms with van der Waals surface area (Å²) in [5.74, 6) is 0.501. The predicted molar refractivity (Wildman–Crippen MR) is 96.3 cm³/mol. The van der Waals surface area contributed by atoms with Crippen molar-refractivity contribution in [2.24, 2.45) is 0 Å². The number of aromatic nitrogens is 2. The van der Waals surface area contributed by atoms with Crippen LogP contribution in [0.5, 0.6) is 11.5 Å². The van der Waals surface area contributed by atoms with Gasteiger partial charge in [0, 0.05) is 30.1 Å². The molecule has 0 saturated carbocycles. The van der Waals surface area contributed by atoms with Crippen LogP contribution in [0.25, 0.3) is 0 Å². The van der Waals surface area contributed by atoms with Gasteiger partial charge in [-0.15, -0.1) is 0 Å². The first-order chi connectivity index (χ1) is 13.1. The first kappa shape index (κ1) is 17.0. The zero-order chi connectivity index (χ0) is 18.8. The third-order valence-electron chi connectivity index (χ3n) is 3.93. The van der Waals surface area contributed by atoms with Crippen LogP contribution in [-0.4, -0.2) is 16.8 Å². The number of rotatable bonds is 5. The molecule has 0 atom stereocenters. The number of fused-ring (bicyclic) bond motifs is 1. The van der Waals surface area contributed by atoms with E-state index in [1.165, 1.54) is 6.07 Å². The number of aryl methyl sites for hydroxylation is 1. The van der Waals surface area contributed by atoms with Crippen molar-refractivity contribution in [1.82, 2.24) is 9.97 Å². The summed E-state index contributed by atoms with van der Waals surface area (Å²) in [5, 5.41) is 6.10. The van der Waals surface area contributed by atoms with Gasteiger partial charge in [-0.05, 0) is 36.8 Å². The third-order valence-corrected chi connectivity index (χ3v) is 3.93. The van der Waals surface area contributed by atoms with E-state index >= 15 is 0 Å². The molecule has 0 spiro atoms. The van der Waals surface area contributed by atoms with E-state index in [1.807, 2.05) is 25.1 Å². The Morgan fingerprint density at radius 3 is 2.67 bits per heavy atom. The quantitative estimate of drug-likeness (QED) is 0.703. The van der Waals surface area contributed by atoms with Crippen LogP contribution < -0.4 is 20.1 Å². The van der Waals surface area contributed by atoms with E-state index in [9.17, 15) is 8.78 Å². The van der Waals surface area contributed by atoms with E-state index in [4.69, 9.17) is 9.47 Å². The highest BCUT2D eigenvalue weighted by Crippen LogP contribution is 2.32. The minimum atomic E-state index is -0.924. The lowest BCUT2D eigenvalue weighted by atomic mass is 10.2. The fourth-order valence-corrected chi connectivity index (χ4v) is 2.67. The average molecular weight is 370 g/mol. The molecule has 0 radical (unpaired) electrons. The summed E-state index contributed by atoms with van der Waals surface area (Å²) in [4.78, 5) is 8.71. The molecule has 2 N–H and O–H groups in total. The minimum Gasteiger partial charge on any atom is -0.454 e. The Balaban J connectivity index is 1.47. The molecule has 2 heterocycles. The summed E-state index contributed by atoms with van der Waals surface area (Å²) < 4.78 is 37.1. The summed E-state index contributed by atoms with van der Waals surface area (Å²) in [6.45, 7) is 2.54. The fraction of sp³-hybridized carbons (Fsp3) is 0.158. The molecule has 8 heteroatoms. The highest BCUT2D eigenvalue weighted by atomic mass is 19.2. The molecule has 27 heavy (non-hydrogen) atoms. The Morgan fingerprint density at radius 1 is 0.963 bits per heavy atom. The maximum atomic E-state index is 13.4. The second kappa shape index (κ2) is 7.06. The predicted octanol–water partition coefficient (Wildman–Crippen LogP) is 4.15. The molecule has 1 aliphatic heterocycles. The first-order valence-electron chi connectivity index (χ1n) is 8.27. The normalized spacial score (nSPS) is 12.1. The molecule has 2 aromatic carbocycles. The number of nitrogens with zero attached hydrogens (tertiary/aromatic N) is 2. The van der Waals surface area contributed by atoms with Crippen molar-refractivity contribution in [2.75, 3.05) is 17.4 Å². The molecule has 0 fully saturated rings. The van der Waals surface area contributed by atoms with Crippen molar-refractivity contribution in [3.63, 3.8) is 0 Å². The summed E-state index contributed by atoms with van der Waals surface area (Å²) in [6.07, 6.45) is 0. The van der Waals surface area contributed by atoms with Gasteiger partial charge in [-0.2, -0.15) is 4.98 Å². The van der Waals surface area contributed by atoms with Crippen LogP contribution in [0, 0.1) is 18.6 Å². The van der Waals surface area contributed by atoms with Crippen LogP contribution in [0.2, 0.25) is 0 Å². The summed E-state index contributed by atoms with van der Waals surface area (Å²) in [6, 6.07) is 11.0. The Bertz CT molecular complexity index is 997. The van der Waals surface area contributed by atoms with Crippen LogP contribution in [0.3, 0.4) is 0 Å². The number of ether oxygens (including phenoxy) is 2. The zero-order valence-corrected chi connectivity index (χ0v) is 14.4. The molecular weight excluding hydrogens is 354 g/mol. The number of anilines is 3. The second-order valence-electron chi connectivity index (χ2n) is 6.01. The van der Waals surface area contributed by atoms with E-state index in [0.717, 1.165) is 29.1 Å². The fourth-order valence-electron chi connectivity index (χ4n) is 2.67. The molecule has 0 saturated heterocycles. The molecule has 1 aliphatic rings. The van der Waals surface area contributed by atoms with Gasteiger partial charge in [0.25, 0.3) is 0 Å². The third kappa shape index (κ3) is 3.89. The highest BCUT2D eigenvalue weighted by Gasteiger charge is 2.13. The molecule has 0 bridgehead atoms. The van der Waals surface area contributed by atoms with Crippen LogP contribution in [0.15, 0.2) is 42.5 Å². The van der Waals surface area contributed by atoms with Crippen LogP contribution in [-0.2, 0) is 6.54 Å². The summed E-state index contributed by atoms with van der Waals surface area (Å²) >= 11 is 0. The van der Waals surface area contributed by atoms with E-state index in [1.54, 1.807) is 6.07 Å². The van der Waals surface area contributed by atoms with Gasteiger partial charge >= 0.3 is 0 Å². The maximum absolute atomic E-state index is 13.4. The zero-order valence-electron chi connectivity index (χ0n) is 14.4. The Labute approximate surface area is 154 Å². The monoisotopic (exact) mass is 370 g/mol. The molecule has 0 unspecified atom stereocenters. The van der Waals surface area contributed by atoms with Crippen LogP contribution in [0.4, 0.5) is 26.2 Å². The second-order valence-corrected chi connectivity index (χ2v) is 6.01. The van der Waals surface area contributed by atoms with Crippen molar-refractivity contribution in [2.45, 2.75) is 13.5 Å². The smallest absolute Gasteiger partial charge is 0.231 e. The van der Waals surface area contributed by atoms with Crippen molar-refractivity contribution >= 4 is 17.5 Å². The van der Waals surface area contributed by atoms with Crippen molar-refractivity contribution in [1.29, 1.82) is 0 Å². The standard InChI is InChI=1S/C19H16F2N4O2/c1-11-6-18(24-13-3-4-14(20)15(21)8-13)25-19(23-11)22-9-12-2-5-16-17(7-12)27-10-26-16/h2-8H,9-10H2,1H3,(H2,22,23,24,25). The van der Waals surface area contributed by atoms with E-state index in [2.05, 4.69) is 20.6 Å². The lowest BCUT2D eigenvalue weighted by Gasteiger charge is -2.10. The lowest BCUT2D eigenvalue weighted by molar-refractivity contribution is 0.174. The molecular formula is C19H16F2N4O2. The van der Waals surface area contributed by atoms with Crippen LogP contribution in [0.1, 0.15) is 11.3 Å². The maximum Gasteiger partial charge on any atom is 0.231 e. The van der Waals surface area contributed by atoms with Gasteiger partial charge in [0.15, 0.2) is 23.1 Å². The van der Waals surface area contributed by atoms with E-state index in [-0.39, 0.29) is 6.79 Å². The Morgan fingerprint density at radius 2 is 1.81 bits per heavy atom. The Hall–Kier alpha value is -3.42. The minimum absolute atomic E-state index is 0.228.